The van der Waals surface area contributed by atoms with Crippen LogP contribution in [0.15, 0.2) is 9.98 Å². The second kappa shape index (κ2) is 35.9. The fourth-order valence-electron chi connectivity index (χ4n) is 7.57. The van der Waals surface area contributed by atoms with E-state index >= 15 is 0 Å². The number of primary amides is 1. The molecule has 0 unspecified atom stereocenters. The predicted molar refractivity (Wildman–Crippen MR) is 281 cm³/mol. The number of nitrogens with zero attached hydrogens (tertiary/aromatic N) is 3. The summed E-state index contributed by atoms with van der Waals surface area (Å²) in [6.45, 7) is 0.591. The van der Waals surface area contributed by atoms with Crippen molar-refractivity contribution in [2.45, 2.75) is 139 Å². The summed E-state index contributed by atoms with van der Waals surface area (Å²) in [5, 5.41) is 69.1. The maximum absolute atomic E-state index is 13.9. The van der Waals surface area contributed by atoms with Gasteiger partial charge >= 0.3 is 11.9 Å². The number of carboxylic acid groups (broad SMARTS) is 2. The largest absolute Gasteiger partial charge is 0.481 e. The monoisotopic (exact) mass is 1160 g/mol. The van der Waals surface area contributed by atoms with Crippen LogP contribution in [0.5, 0.6) is 0 Å². The maximum Gasteiger partial charge on any atom is 0.326 e. The van der Waals surface area contributed by atoms with E-state index in [1.165, 1.54) is 13.8 Å². The first-order valence-electron chi connectivity index (χ1n) is 25.4. The molecule has 36 nitrogen and oxygen atoms in total. The molecular formula is C45H78N18O18. The summed E-state index contributed by atoms with van der Waals surface area (Å²) >= 11 is 0. The SMILES string of the molecule is CC(C)[C@H](NC(=O)[C@H](CC(N)=O)NC(=O)CNC(=O)[C@@H](N)CO)C(=O)N[C@@H](CO)C(=O)N1CCC[C@H]1C(=O)NCC(=O)N[C@H](C(=O)N[C@@H](CCCN=C(N)N)C(=O)N[C@@H](CCCN=C(N)N)C(=O)N[C@@H](CCC(=O)O)C(=O)O)[C@@H](C)O. The number of carbonyl (C=O) groups is 13. The van der Waals surface area contributed by atoms with Gasteiger partial charge in [0.2, 0.25) is 65.0 Å². The van der Waals surface area contributed by atoms with Crippen molar-refractivity contribution in [3.8, 4) is 0 Å². The van der Waals surface area contributed by atoms with Gasteiger partial charge < -0.3 is 113 Å². The Hall–Kier alpha value is -8.51. The second-order valence-electron chi connectivity index (χ2n) is 18.8. The summed E-state index contributed by atoms with van der Waals surface area (Å²) < 4.78 is 0. The molecule has 0 spiro atoms. The lowest BCUT2D eigenvalue weighted by Crippen LogP contribution is -2.61. The predicted octanol–water partition coefficient (Wildman–Crippen LogP) is -11.1. The molecule has 456 valence electrons. The number of aliphatic hydroxyl groups excluding tert-OH is 3. The van der Waals surface area contributed by atoms with E-state index in [1.54, 1.807) is 0 Å². The number of hydrogen-bond acceptors (Lipinski definition) is 19. The summed E-state index contributed by atoms with van der Waals surface area (Å²) in [6, 6.07) is -14.0. The minimum absolute atomic E-state index is 0.0205. The number of carbonyl (C=O) groups excluding carboxylic acids is 11. The molecule has 36 heteroatoms. The molecule has 26 N–H and O–H groups in total. The average Bonchev–Trinajstić information content (AvgIpc) is 3.92. The van der Waals surface area contributed by atoms with Crippen LogP contribution in [-0.4, -0.2) is 226 Å². The molecule has 1 heterocycles. The highest BCUT2D eigenvalue weighted by Crippen LogP contribution is 2.19. The van der Waals surface area contributed by atoms with E-state index in [4.69, 9.17) is 44.6 Å². The highest BCUT2D eigenvalue weighted by molar-refractivity contribution is 5.99. The minimum atomic E-state index is -1.81. The number of aliphatic imine (C=N–C) groups is 2. The molecule has 0 aromatic carbocycles. The molecule has 1 saturated heterocycles. The zero-order valence-electron chi connectivity index (χ0n) is 45.0. The van der Waals surface area contributed by atoms with E-state index in [0.717, 1.165) is 11.8 Å². The Morgan fingerprint density at radius 2 is 1.07 bits per heavy atom. The van der Waals surface area contributed by atoms with Gasteiger partial charge in [-0.25, -0.2) is 4.79 Å². The van der Waals surface area contributed by atoms with Gasteiger partial charge in [-0.05, 0) is 57.8 Å². The lowest BCUT2D eigenvalue weighted by molar-refractivity contribution is -0.143. The zero-order chi connectivity index (χ0) is 61.7. The van der Waals surface area contributed by atoms with Crippen LogP contribution in [0.3, 0.4) is 0 Å². The van der Waals surface area contributed by atoms with Gasteiger partial charge in [0.15, 0.2) is 11.9 Å². The van der Waals surface area contributed by atoms with Crippen molar-refractivity contribution in [2.24, 2.45) is 50.3 Å². The van der Waals surface area contributed by atoms with E-state index in [1.807, 2.05) is 0 Å². The van der Waals surface area contributed by atoms with Crippen LogP contribution >= 0.6 is 0 Å². The normalized spacial score (nSPS) is 16.1. The number of guanidine groups is 2. The maximum atomic E-state index is 13.9. The number of nitrogens with two attached hydrogens (primary N) is 6. The Kier molecular flexibility index (Phi) is 31.2. The summed E-state index contributed by atoms with van der Waals surface area (Å²) in [6.07, 6.45) is -3.67. The van der Waals surface area contributed by atoms with E-state index < -0.39 is 189 Å². The van der Waals surface area contributed by atoms with E-state index in [0.29, 0.717) is 0 Å². The van der Waals surface area contributed by atoms with Crippen LogP contribution in [0, 0.1) is 5.92 Å². The highest BCUT2D eigenvalue weighted by atomic mass is 16.4. The third-order valence-electron chi connectivity index (χ3n) is 11.8. The van der Waals surface area contributed by atoms with Crippen LogP contribution in [-0.2, 0) is 62.3 Å². The first-order valence-corrected chi connectivity index (χ1v) is 25.4. The van der Waals surface area contributed by atoms with E-state index in [2.05, 4.69) is 57.8 Å². The number of rotatable bonds is 37. The zero-order valence-corrected chi connectivity index (χ0v) is 45.0. The van der Waals surface area contributed by atoms with Crippen LogP contribution in [0.25, 0.3) is 0 Å². The molecule has 81 heavy (non-hydrogen) atoms. The number of nitrogens with one attached hydrogen (secondary N) is 9. The molecule has 0 radical (unpaired) electrons. The number of amides is 11. The second-order valence-corrected chi connectivity index (χ2v) is 18.8. The van der Waals surface area contributed by atoms with E-state index in [9.17, 15) is 77.6 Å². The average molecular weight is 1160 g/mol. The van der Waals surface area contributed by atoms with Crippen LogP contribution in [0.2, 0.25) is 0 Å². The number of aliphatic carboxylic acids is 2. The summed E-state index contributed by atoms with van der Waals surface area (Å²) in [7, 11) is 0. The smallest absolute Gasteiger partial charge is 0.326 e. The van der Waals surface area contributed by atoms with Crippen molar-refractivity contribution in [3.63, 3.8) is 0 Å². The number of aliphatic hydroxyl groups is 3. The standard InChI is InChI=1S/C45H78N18O18/c1-20(2)33(62-38(75)26(15-29(47)67)56-30(68)16-54-35(72)22(46)18-64)40(77)60-27(19-65)42(79)63-14-6-9-28(63)39(76)55-17-31(69)61-34(21(3)66)41(78)58-24(8-5-13-53-45(50)51)36(73)57-23(7-4-12-52-44(48)49)37(74)59-25(43(80)81)10-11-32(70)71/h20-28,33-34,64-66H,4-19,46H2,1-3H3,(H2,47,67)(H,54,72)(H,55,76)(H,56,68)(H,57,73)(H,58,78)(H,59,74)(H,60,77)(H,61,69)(H,62,75)(H,70,71)(H,80,81)(H4,48,49,52)(H4,50,51,53)/t21-,22+,23+,24+,25+,26+,27+,28+,33+,34+/m1/s1. The Morgan fingerprint density at radius 1 is 0.580 bits per heavy atom. The molecule has 1 fully saturated rings. The molecule has 11 amide bonds. The molecule has 0 bridgehead atoms. The van der Waals surface area contributed by atoms with Crippen LogP contribution in [0.4, 0.5) is 0 Å². The molecule has 1 aliphatic rings. The first kappa shape index (κ1) is 70.5. The quantitative estimate of drug-likeness (QED) is 0.0156. The van der Waals surface area contributed by atoms with Gasteiger partial charge in [-0.15, -0.1) is 0 Å². The van der Waals surface area contributed by atoms with Crippen LogP contribution in [0.1, 0.15) is 78.6 Å². The Morgan fingerprint density at radius 3 is 1.56 bits per heavy atom. The molecule has 0 saturated carbocycles. The van der Waals surface area contributed by atoms with Crippen molar-refractivity contribution >= 4 is 88.8 Å². The molecule has 0 aromatic heterocycles. The number of likely N-dealkylation sites (tertiary alicyclic amines) is 1. The lowest BCUT2D eigenvalue weighted by Gasteiger charge is -2.30. The van der Waals surface area contributed by atoms with Crippen molar-refractivity contribution < 1.29 is 87.9 Å². The Labute approximate surface area is 463 Å². The molecule has 0 aliphatic carbocycles. The van der Waals surface area contributed by atoms with E-state index in [-0.39, 0.29) is 70.1 Å². The Balaban J connectivity index is 3.21. The van der Waals surface area contributed by atoms with Crippen molar-refractivity contribution in [3.05, 3.63) is 0 Å². The summed E-state index contributed by atoms with van der Waals surface area (Å²) in [5.41, 5.74) is 32.2. The van der Waals surface area contributed by atoms with Gasteiger partial charge in [-0.3, -0.25) is 67.5 Å². The Bertz CT molecular complexity index is 2300. The minimum Gasteiger partial charge on any atom is -0.481 e. The molecule has 10 atom stereocenters. The van der Waals surface area contributed by atoms with Gasteiger partial charge in [-0.2, -0.15) is 0 Å². The molecule has 1 aliphatic heterocycles. The lowest BCUT2D eigenvalue weighted by atomic mass is 10.0. The number of hydrogen-bond donors (Lipinski definition) is 20. The van der Waals surface area contributed by atoms with Gasteiger partial charge in [0.1, 0.15) is 54.4 Å². The third-order valence-corrected chi connectivity index (χ3v) is 11.8. The fourth-order valence-corrected chi connectivity index (χ4v) is 7.57. The van der Waals surface area contributed by atoms with Gasteiger partial charge in [0, 0.05) is 26.1 Å². The van der Waals surface area contributed by atoms with Gasteiger partial charge in [0.25, 0.3) is 0 Å². The van der Waals surface area contributed by atoms with Crippen LogP contribution < -0.4 is 82.3 Å². The fraction of sp³-hybridized carbons (Fsp3) is 0.667. The van der Waals surface area contributed by atoms with Crippen molar-refractivity contribution in [1.82, 2.24) is 52.8 Å². The van der Waals surface area contributed by atoms with Gasteiger partial charge in [-0.1, -0.05) is 13.8 Å². The third kappa shape index (κ3) is 26.3. The van der Waals surface area contributed by atoms with Gasteiger partial charge in [0.05, 0.1) is 38.8 Å². The van der Waals surface area contributed by atoms with Crippen molar-refractivity contribution in [2.75, 3.05) is 45.9 Å². The first-order chi connectivity index (χ1) is 37.9. The number of carboxylic acids is 2. The summed E-state index contributed by atoms with van der Waals surface area (Å²) in [4.78, 5) is 176. The molecular weight excluding hydrogens is 1080 g/mol. The highest BCUT2D eigenvalue weighted by Gasteiger charge is 2.40. The topological polar surface area (TPSA) is 615 Å². The van der Waals surface area contributed by atoms with Crippen molar-refractivity contribution in [1.29, 1.82) is 0 Å². The molecule has 0 aromatic rings. The summed E-state index contributed by atoms with van der Waals surface area (Å²) in [5.74, 6) is -15.4. The molecule has 1 rings (SSSR count).